The highest BCUT2D eigenvalue weighted by atomic mass is 127. The molecule has 0 amide bonds. The van der Waals surface area contributed by atoms with E-state index in [4.69, 9.17) is 9.47 Å². The second-order valence-corrected chi connectivity index (χ2v) is 6.63. The molecule has 0 saturated carbocycles. The maximum Gasteiger partial charge on any atom is 0.191 e. The standard InChI is InChI=1S/C22H35N5O2.HI/c1-5-26(6-2)15-16-29-20-10-9-19(17-21(20)28-4)18-25-22(23-3)24-11-14-27-12-7-8-13-27;/h7-10,12-13,17H,5-6,11,14-16,18H2,1-4H3,(H2,23,24,25);1H. The summed E-state index contributed by atoms with van der Waals surface area (Å²) in [5.74, 6) is 2.30. The molecule has 1 aromatic carbocycles. The molecule has 0 spiro atoms. The largest absolute Gasteiger partial charge is 0.493 e. The van der Waals surface area contributed by atoms with Crippen LogP contribution in [0.25, 0.3) is 0 Å². The van der Waals surface area contributed by atoms with Gasteiger partial charge in [0.05, 0.1) is 7.11 Å². The number of hydrogen-bond donors (Lipinski definition) is 2. The Hall–Kier alpha value is -1.94. The number of hydrogen-bond acceptors (Lipinski definition) is 4. The number of ether oxygens (including phenoxy) is 2. The first kappa shape index (κ1) is 26.1. The summed E-state index contributed by atoms with van der Waals surface area (Å²) < 4.78 is 13.6. The predicted octanol–water partition coefficient (Wildman–Crippen LogP) is 3.20. The maximum atomic E-state index is 5.93. The Labute approximate surface area is 197 Å². The molecular formula is C22H36IN5O2. The molecule has 168 valence electrons. The fraction of sp³-hybridized carbons (Fsp3) is 0.500. The van der Waals surface area contributed by atoms with Crippen LogP contribution in [-0.2, 0) is 13.1 Å². The second kappa shape index (κ2) is 15.0. The molecule has 1 aromatic heterocycles. The summed E-state index contributed by atoms with van der Waals surface area (Å²) >= 11 is 0. The van der Waals surface area contributed by atoms with Crippen LogP contribution in [0.4, 0.5) is 0 Å². The molecule has 7 nitrogen and oxygen atoms in total. The summed E-state index contributed by atoms with van der Waals surface area (Å²) in [6.45, 7) is 10.3. The second-order valence-electron chi connectivity index (χ2n) is 6.63. The Kier molecular flexibility index (Phi) is 13.0. The van der Waals surface area contributed by atoms with Gasteiger partial charge in [0.25, 0.3) is 0 Å². The summed E-state index contributed by atoms with van der Waals surface area (Å²) in [6, 6.07) is 10.1. The number of nitrogens with zero attached hydrogens (tertiary/aromatic N) is 3. The van der Waals surface area contributed by atoms with Crippen LogP contribution < -0.4 is 20.1 Å². The first-order chi connectivity index (χ1) is 14.2. The van der Waals surface area contributed by atoms with E-state index in [0.717, 1.165) is 55.7 Å². The fourth-order valence-corrected chi connectivity index (χ4v) is 2.99. The van der Waals surface area contributed by atoms with Gasteiger partial charge in [-0.1, -0.05) is 19.9 Å². The van der Waals surface area contributed by atoms with Crippen LogP contribution in [0.15, 0.2) is 47.7 Å². The summed E-state index contributed by atoms with van der Waals surface area (Å²) in [6.07, 6.45) is 4.10. The fourth-order valence-electron chi connectivity index (χ4n) is 2.99. The lowest BCUT2D eigenvalue weighted by Gasteiger charge is -2.19. The number of aromatic nitrogens is 1. The summed E-state index contributed by atoms with van der Waals surface area (Å²) in [7, 11) is 3.45. The van der Waals surface area contributed by atoms with Crippen molar-refractivity contribution < 1.29 is 9.47 Å². The highest BCUT2D eigenvalue weighted by molar-refractivity contribution is 14.0. The molecule has 0 aliphatic rings. The monoisotopic (exact) mass is 529 g/mol. The van der Waals surface area contributed by atoms with E-state index in [9.17, 15) is 0 Å². The SMILES string of the molecule is CCN(CC)CCOc1ccc(CNC(=NC)NCCn2cccc2)cc1OC.I. The van der Waals surface area contributed by atoms with Crippen LogP contribution in [0.3, 0.4) is 0 Å². The third-order valence-electron chi connectivity index (χ3n) is 4.80. The van der Waals surface area contributed by atoms with Crippen molar-refractivity contribution >= 4 is 29.9 Å². The first-order valence-electron chi connectivity index (χ1n) is 10.3. The lowest BCUT2D eigenvalue weighted by molar-refractivity contribution is 0.217. The third-order valence-corrected chi connectivity index (χ3v) is 4.80. The molecule has 0 fully saturated rings. The van der Waals surface area contributed by atoms with E-state index in [1.54, 1.807) is 14.2 Å². The number of methoxy groups -OCH3 is 1. The molecule has 0 atom stereocenters. The van der Waals surface area contributed by atoms with E-state index < -0.39 is 0 Å². The van der Waals surface area contributed by atoms with Crippen molar-refractivity contribution in [1.82, 2.24) is 20.1 Å². The van der Waals surface area contributed by atoms with Crippen molar-refractivity contribution in [2.75, 3.05) is 46.9 Å². The van der Waals surface area contributed by atoms with Gasteiger partial charge in [-0.3, -0.25) is 4.99 Å². The Bertz CT molecular complexity index is 733. The van der Waals surface area contributed by atoms with Gasteiger partial charge in [0.2, 0.25) is 0 Å². The van der Waals surface area contributed by atoms with Crippen molar-refractivity contribution in [3.8, 4) is 11.5 Å². The molecule has 8 heteroatoms. The predicted molar refractivity (Wildman–Crippen MR) is 134 cm³/mol. The van der Waals surface area contributed by atoms with E-state index in [2.05, 4.69) is 57.4 Å². The van der Waals surface area contributed by atoms with Crippen LogP contribution >= 0.6 is 24.0 Å². The van der Waals surface area contributed by atoms with Gasteiger partial charge in [0, 0.05) is 45.6 Å². The summed E-state index contributed by atoms with van der Waals surface area (Å²) in [5.41, 5.74) is 1.10. The molecule has 1 heterocycles. The minimum absolute atomic E-state index is 0. The molecular weight excluding hydrogens is 493 g/mol. The number of halogens is 1. The number of nitrogens with one attached hydrogen (secondary N) is 2. The average molecular weight is 529 g/mol. The van der Waals surface area contributed by atoms with Gasteiger partial charge in [-0.2, -0.15) is 0 Å². The van der Waals surface area contributed by atoms with Crippen LogP contribution in [0.2, 0.25) is 0 Å². The molecule has 0 aliphatic heterocycles. The number of guanidine groups is 1. The zero-order chi connectivity index (χ0) is 20.9. The molecule has 2 rings (SSSR count). The van der Waals surface area contributed by atoms with Gasteiger partial charge in [-0.15, -0.1) is 24.0 Å². The topological polar surface area (TPSA) is 63.0 Å². The molecule has 0 saturated heterocycles. The minimum atomic E-state index is 0. The van der Waals surface area contributed by atoms with E-state index in [0.29, 0.717) is 13.2 Å². The number of rotatable bonds is 12. The van der Waals surface area contributed by atoms with Gasteiger partial charge in [-0.25, -0.2) is 0 Å². The van der Waals surface area contributed by atoms with Crippen molar-refractivity contribution in [2.45, 2.75) is 26.9 Å². The van der Waals surface area contributed by atoms with Crippen molar-refractivity contribution in [2.24, 2.45) is 4.99 Å². The normalized spacial score (nSPS) is 11.2. The molecule has 0 unspecified atom stereocenters. The smallest absolute Gasteiger partial charge is 0.191 e. The van der Waals surface area contributed by atoms with Crippen LogP contribution in [0, 0.1) is 0 Å². The van der Waals surface area contributed by atoms with Gasteiger partial charge < -0.3 is 29.6 Å². The molecule has 0 radical (unpaired) electrons. The van der Waals surface area contributed by atoms with Gasteiger partial charge in [0.15, 0.2) is 17.5 Å². The van der Waals surface area contributed by atoms with Crippen LogP contribution in [-0.4, -0.2) is 62.4 Å². The Morgan fingerprint density at radius 2 is 1.83 bits per heavy atom. The highest BCUT2D eigenvalue weighted by Gasteiger charge is 2.08. The molecule has 2 N–H and O–H groups in total. The zero-order valence-electron chi connectivity index (χ0n) is 18.6. The Morgan fingerprint density at radius 1 is 1.10 bits per heavy atom. The summed E-state index contributed by atoms with van der Waals surface area (Å²) in [4.78, 5) is 6.61. The van der Waals surface area contributed by atoms with Gasteiger partial charge in [0.1, 0.15) is 6.61 Å². The Morgan fingerprint density at radius 3 is 2.47 bits per heavy atom. The van der Waals surface area contributed by atoms with Crippen molar-refractivity contribution in [3.63, 3.8) is 0 Å². The van der Waals surface area contributed by atoms with E-state index >= 15 is 0 Å². The maximum absolute atomic E-state index is 5.93. The summed E-state index contributed by atoms with van der Waals surface area (Å²) in [5, 5.41) is 6.66. The number of likely N-dealkylation sites (N-methyl/N-ethyl adjacent to an activating group) is 1. The quantitative estimate of drug-likeness (QED) is 0.251. The van der Waals surface area contributed by atoms with E-state index in [-0.39, 0.29) is 24.0 Å². The molecule has 0 bridgehead atoms. The average Bonchev–Trinajstić information content (AvgIpc) is 3.27. The number of benzene rings is 1. The van der Waals surface area contributed by atoms with Gasteiger partial charge in [-0.05, 0) is 42.9 Å². The highest BCUT2D eigenvalue weighted by Crippen LogP contribution is 2.28. The molecule has 0 aliphatic carbocycles. The van der Waals surface area contributed by atoms with Crippen molar-refractivity contribution in [1.29, 1.82) is 0 Å². The van der Waals surface area contributed by atoms with Crippen LogP contribution in [0.5, 0.6) is 11.5 Å². The number of aliphatic imine (C=N–C) groups is 1. The minimum Gasteiger partial charge on any atom is -0.493 e. The lowest BCUT2D eigenvalue weighted by atomic mass is 10.2. The molecule has 2 aromatic rings. The first-order valence-corrected chi connectivity index (χ1v) is 10.3. The third kappa shape index (κ3) is 8.83. The van der Waals surface area contributed by atoms with Crippen molar-refractivity contribution in [3.05, 3.63) is 48.3 Å². The van der Waals surface area contributed by atoms with E-state index in [1.807, 2.05) is 24.3 Å². The zero-order valence-corrected chi connectivity index (χ0v) is 20.9. The lowest BCUT2D eigenvalue weighted by Crippen LogP contribution is -2.38. The van der Waals surface area contributed by atoms with E-state index in [1.165, 1.54) is 0 Å². The van der Waals surface area contributed by atoms with Gasteiger partial charge >= 0.3 is 0 Å². The van der Waals surface area contributed by atoms with Crippen LogP contribution in [0.1, 0.15) is 19.4 Å². The molecule has 30 heavy (non-hydrogen) atoms. The Balaban J connectivity index is 0.00000450.